The molecule has 62 heavy (non-hydrogen) atoms. The summed E-state index contributed by atoms with van der Waals surface area (Å²) in [7, 11) is 0. The lowest BCUT2D eigenvalue weighted by molar-refractivity contribution is -0.123. The number of nitrogens with one attached hydrogen (secondary N) is 1. The smallest absolute Gasteiger partial charge is 0.220 e. The van der Waals surface area contributed by atoms with Crippen molar-refractivity contribution in [3.05, 3.63) is 97.2 Å². The molecule has 0 aromatic rings. The molecule has 0 heterocycles. The number of aliphatic hydroxyl groups excluding tert-OH is 2. The predicted molar refractivity (Wildman–Crippen MR) is 276 cm³/mol. The molecule has 0 aliphatic rings. The van der Waals surface area contributed by atoms with Gasteiger partial charge in [0.15, 0.2) is 0 Å². The standard InChI is InChI=1S/C58H101NO3/c1-3-5-7-9-11-13-15-17-19-21-23-25-27-29-31-33-35-37-39-41-43-45-47-49-51-53-57(61)56(55-60)59-58(62)54-52-50-48-46-44-42-40-38-36-34-32-30-28-26-24-22-20-18-16-14-12-10-8-6-4-2/h6,8,12,14,18,20,24,26,30,32,35,37,43,45,51,53,56-57,60-61H,3-5,7,9-11,13,15-17,19,21-23,25,27-29,31,33-34,36,38-42,44,46-50,52,54-55H2,1-2H3,(H,59,62)/b8-6-,14-12-,20-18-,26-24-,32-30-,37-35+,45-43+,53-51+. The number of rotatable bonds is 47. The average molecular weight is 860 g/mol. The zero-order valence-electron chi connectivity index (χ0n) is 40.9. The van der Waals surface area contributed by atoms with Crippen LogP contribution < -0.4 is 5.32 Å². The van der Waals surface area contributed by atoms with Crippen LogP contribution in [0.1, 0.15) is 245 Å². The van der Waals surface area contributed by atoms with E-state index in [0.29, 0.717) is 6.42 Å². The third kappa shape index (κ3) is 48.3. The molecular formula is C58H101NO3. The van der Waals surface area contributed by atoms with Gasteiger partial charge in [-0.15, -0.1) is 0 Å². The van der Waals surface area contributed by atoms with Gasteiger partial charge in [-0.3, -0.25) is 4.79 Å². The quantitative estimate of drug-likeness (QED) is 0.0422. The van der Waals surface area contributed by atoms with Crippen LogP contribution in [0, 0.1) is 0 Å². The summed E-state index contributed by atoms with van der Waals surface area (Å²) in [6, 6.07) is -0.656. The van der Waals surface area contributed by atoms with E-state index in [1.807, 2.05) is 6.08 Å². The number of allylic oxidation sites excluding steroid dienone is 15. The maximum Gasteiger partial charge on any atom is 0.220 e. The summed E-state index contributed by atoms with van der Waals surface area (Å²) in [6.07, 6.45) is 78.3. The topological polar surface area (TPSA) is 69.6 Å². The fourth-order valence-corrected chi connectivity index (χ4v) is 7.53. The Morgan fingerprint density at radius 1 is 0.403 bits per heavy atom. The van der Waals surface area contributed by atoms with Crippen molar-refractivity contribution in [3.8, 4) is 0 Å². The van der Waals surface area contributed by atoms with Gasteiger partial charge in [-0.25, -0.2) is 0 Å². The molecule has 0 aliphatic carbocycles. The molecule has 1 amide bonds. The van der Waals surface area contributed by atoms with Gasteiger partial charge >= 0.3 is 0 Å². The van der Waals surface area contributed by atoms with E-state index in [4.69, 9.17) is 0 Å². The molecule has 2 atom stereocenters. The van der Waals surface area contributed by atoms with Crippen molar-refractivity contribution in [1.29, 1.82) is 0 Å². The lowest BCUT2D eigenvalue weighted by Gasteiger charge is -2.19. The number of carbonyl (C=O) groups is 1. The van der Waals surface area contributed by atoms with E-state index < -0.39 is 12.1 Å². The molecular weight excluding hydrogens is 759 g/mol. The lowest BCUT2D eigenvalue weighted by atomic mass is 10.0. The summed E-state index contributed by atoms with van der Waals surface area (Å²) < 4.78 is 0. The van der Waals surface area contributed by atoms with Gasteiger partial charge in [0.05, 0.1) is 18.8 Å². The number of hydrogen-bond donors (Lipinski definition) is 3. The Labute approximate surface area is 385 Å². The Morgan fingerprint density at radius 2 is 0.726 bits per heavy atom. The van der Waals surface area contributed by atoms with Crippen molar-refractivity contribution in [1.82, 2.24) is 5.32 Å². The summed E-state index contributed by atoms with van der Waals surface area (Å²) in [5.74, 6) is -0.0872. The minimum absolute atomic E-state index is 0.0872. The molecule has 0 bridgehead atoms. The van der Waals surface area contributed by atoms with Crippen LogP contribution in [0.4, 0.5) is 0 Å². The lowest BCUT2D eigenvalue weighted by Crippen LogP contribution is -2.45. The van der Waals surface area contributed by atoms with Crippen LogP contribution in [-0.2, 0) is 4.79 Å². The van der Waals surface area contributed by atoms with Crippen LogP contribution in [0.25, 0.3) is 0 Å². The van der Waals surface area contributed by atoms with Gasteiger partial charge < -0.3 is 15.5 Å². The van der Waals surface area contributed by atoms with E-state index in [1.54, 1.807) is 6.08 Å². The molecule has 0 saturated heterocycles. The van der Waals surface area contributed by atoms with Gasteiger partial charge in [0.2, 0.25) is 5.91 Å². The molecule has 0 aromatic heterocycles. The Kier molecular flexibility index (Phi) is 50.4. The molecule has 4 heteroatoms. The Morgan fingerprint density at radius 3 is 1.13 bits per heavy atom. The summed E-state index contributed by atoms with van der Waals surface area (Å²) in [5, 5.41) is 23.1. The maximum absolute atomic E-state index is 12.5. The summed E-state index contributed by atoms with van der Waals surface area (Å²) in [5.41, 5.74) is 0. The minimum atomic E-state index is -0.880. The van der Waals surface area contributed by atoms with Gasteiger partial charge in [0.1, 0.15) is 0 Å². The van der Waals surface area contributed by atoms with Crippen molar-refractivity contribution in [3.63, 3.8) is 0 Å². The first-order valence-electron chi connectivity index (χ1n) is 26.5. The number of hydrogen-bond acceptors (Lipinski definition) is 3. The van der Waals surface area contributed by atoms with Crippen molar-refractivity contribution < 1.29 is 15.0 Å². The zero-order chi connectivity index (χ0) is 44.9. The molecule has 3 N–H and O–H groups in total. The van der Waals surface area contributed by atoms with Crippen LogP contribution in [0.2, 0.25) is 0 Å². The molecule has 0 aliphatic heterocycles. The highest BCUT2D eigenvalue weighted by Crippen LogP contribution is 2.15. The molecule has 0 aromatic carbocycles. The number of carbonyl (C=O) groups excluding carboxylic acids is 1. The van der Waals surface area contributed by atoms with Crippen molar-refractivity contribution in [2.45, 2.75) is 257 Å². The SMILES string of the molecule is CC/C=C\C/C=C\C/C=C\C/C=C\C/C=C\CCCCCCCCCCCC(=O)NC(CO)C(O)/C=C/CC/C=C/CC/C=C/CCCCCCCCCCCCCCCCC. The van der Waals surface area contributed by atoms with Crippen LogP contribution >= 0.6 is 0 Å². The maximum atomic E-state index is 12.5. The second kappa shape index (κ2) is 52.7. The molecule has 4 nitrogen and oxygen atoms in total. The highest BCUT2D eigenvalue weighted by Gasteiger charge is 2.17. The highest BCUT2D eigenvalue weighted by molar-refractivity contribution is 5.76. The van der Waals surface area contributed by atoms with Gasteiger partial charge in [0, 0.05) is 6.42 Å². The highest BCUT2D eigenvalue weighted by atomic mass is 16.3. The summed E-state index contributed by atoms with van der Waals surface area (Å²) in [6.45, 7) is 4.18. The van der Waals surface area contributed by atoms with E-state index in [9.17, 15) is 15.0 Å². The molecule has 0 spiro atoms. The predicted octanol–water partition coefficient (Wildman–Crippen LogP) is 17.4. The van der Waals surface area contributed by atoms with E-state index in [1.165, 1.54) is 148 Å². The van der Waals surface area contributed by atoms with E-state index >= 15 is 0 Å². The summed E-state index contributed by atoms with van der Waals surface area (Å²) in [4.78, 5) is 12.5. The summed E-state index contributed by atoms with van der Waals surface area (Å²) >= 11 is 0. The first-order valence-corrected chi connectivity index (χ1v) is 26.5. The molecule has 0 radical (unpaired) electrons. The largest absolute Gasteiger partial charge is 0.394 e. The second-order valence-corrected chi connectivity index (χ2v) is 17.5. The number of amides is 1. The van der Waals surface area contributed by atoms with E-state index in [-0.39, 0.29) is 12.5 Å². The first-order chi connectivity index (χ1) is 30.7. The third-order valence-corrected chi connectivity index (χ3v) is 11.5. The molecule has 0 saturated carbocycles. The molecule has 2 unspecified atom stereocenters. The normalized spacial score (nSPS) is 13.7. The monoisotopic (exact) mass is 860 g/mol. The van der Waals surface area contributed by atoms with Gasteiger partial charge in [0.25, 0.3) is 0 Å². The van der Waals surface area contributed by atoms with Gasteiger partial charge in [-0.05, 0) is 89.9 Å². The number of unbranched alkanes of at least 4 members (excludes halogenated alkanes) is 26. The van der Waals surface area contributed by atoms with Crippen molar-refractivity contribution in [2.24, 2.45) is 0 Å². The van der Waals surface area contributed by atoms with Crippen LogP contribution in [0.5, 0.6) is 0 Å². The first kappa shape index (κ1) is 59.3. The van der Waals surface area contributed by atoms with E-state index in [2.05, 4.69) is 104 Å². The molecule has 356 valence electrons. The molecule has 0 rings (SSSR count). The Bertz CT molecular complexity index is 1160. The third-order valence-electron chi connectivity index (χ3n) is 11.5. The zero-order valence-corrected chi connectivity index (χ0v) is 40.9. The second-order valence-electron chi connectivity index (χ2n) is 17.5. The van der Waals surface area contributed by atoms with Gasteiger partial charge in [-0.2, -0.15) is 0 Å². The Hall–Kier alpha value is -2.69. The average Bonchev–Trinajstić information content (AvgIpc) is 3.28. The van der Waals surface area contributed by atoms with E-state index in [0.717, 1.165) is 77.0 Å². The Balaban J connectivity index is 3.64. The molecule has 0 fully saturated rings. The minimum Gasteiger partial charge on any atom is -0.394 e. The van der Waals surface area contributed by atoms with Crippen molar-refractivity contribution in [2.75, 3.05) is 6.61 Å². The van der Waals surface area contributed by atoms with Crippen molar-refractivity contribution >= 4 is 5.91 Å². The fourth-order valence-electron chi connectivity index (χ4n) is 7.53. The number of aliphatic hydroxyl groups is 2. The van der Waals surface area contributed by atoms with Crippen LogP contribution in [0.15, 0.2) is 97.2 Å². The van der Waals surface area contributed by atoms with Crippen LogP contribution in [0.3, 0.4) is 0 Å². The van der Waals surface area contributed by atoms with Gasteiger partial charge in [-0.1, -0.05) is 246 Å². The fraction of sp³-hybridized carbons (Fsp3) is 0.707. The van der Waals surface area contributed by atoms with Crippen LogP contribution in [-0.4, -0.2) is 34.9 Å².